The largest absolute Gasteiger partial charge is 0.405 e. The normalized spacial score (nSPS) is 12.3. The van der Waals surface area contributed by atoms with Gasteiger partial charge in [0.25, 0.3) is 0 Å². The summed E-state index contributed by atoms with van der Waals surface area (Å²) < 4.78 is 52.4. The van der Waals surface area contributed by atoms with E-state index in [2.05, 4.69) is 40.5 Å². The number of fused-ring (bicyclic) bond motifs is 1. The Labute approximate surface area is 214 Å². The van der Waals surface area contributed by atoms with Crippen LogP contribution in [-0.2, 0) is 0 Å². The number of rotatable bonds is 7. The molecule has 0 spiro atoms. The van der Waals surface area contributed by atoms with Crippen molar-refractivity contribution in [3.05, 3.63) is 84.6 Å². The van der Waals surface area contributed by atoms with Crippen molar-refractivity contribution in [2.45, 2.75) is 19.1 Å². The van der Waals surface area contributed by atoms with E-state index in [1.54, 1.807) is 18.5 Å². The molecule has 3 aromatic heterocycles. The van der Waals surface area contributed by atoms with Crippen molar-refractivity contribution >= 4 is 22.9 Å². The van der Waals surface area contributed by atoms with Gasteiger partial charge in [-0.3, -0.25) is 0 Å². The molecule has 3 heterocycles. The summed E-state index contributed by atoms with van der Waals surface area (Å²) in [5.41, 5.74) is 2.70. The Hall–Kier alpha value is -4.74. The van der Waals surface area contributed by atoms with Gasteiger partial charge in [0.2, 0.25) is 5.95 Å². The standard InChI is InChI=1S/C26H20F4N8/c1-15(17-4-2-5-18(12-17)22-31-10-3-11-32-22)35-25-37-23-21(24(38-25)34-14-26(28,29)30)36-20(13-33-23)16-6-8-19(27)9-7-16/h2-13,15H,14H2,1H3,(H2,33,34,35,37,38). The number of halogens is 4. The second kappa shape index (κ2) is 10.3. The van der Waals surface area contributed by atoms with Crippen LogP contribution in [0.1, 0.15) is 18.5 Å². The van der Waals surface area contributed by atoms with Crippen molar-refractivity contribution in [2.75, 3.05) is 17.2 Å². The van der Waals surface area contributed by atoms with E-state index in [1.165, 1.54) is 30.5 Å². The van der Waals surface area contributed by atoms with Crippen molar-refractivity contribution in [1.82, 2.24) is 29.9 Å². The van der Waals surface area contributed by atoms with Crippen LogP contribution in [0.3, 0.4) is 0 Å². The van der Waals surface area contributed by atoms with Crippen LogP contribution in [0.5, 0.6) is 0 Å². The minimum atomic E-state index is -4.49. The summed E-state index contributed by atoms with van der Waals surface area (Å²) in [6.07, 6.45) is 0.238. The molecule has 0 saturated carbocycles. The van der Waals surface area contributed by atoms with Gasteiger partial charge in [0.05, 0.1) is 17.9 Å². The van der Waals surface area contributed by atoms with Gasteiger partial charge in [-0.05, 0) is 48.9 Å². The zero-order valence-electron chi connectivity index (χ0n) is 19.9. The average Bonchev–Trinajstić information content (AvgIpc) is 2.92. The number of aromatic nitrogens is 6. The van der Waals surface area contributed by atoms with Crippen LogP contribution < -0.4 is 10.6 Å². The van der Waals surface area contributed by atoms with E-state index < -0.39 is 18.5 Å². The molecule has 0 amide bonds. The Morgan fingerprint density at radius 3 is 2.37 bits per heavy atom. The molecule has 0 radical (unpaired) electrons. The number of nitrogens with zero attached hydrogens (tertiary/aromatic N) is 6. The molecule has 0 aliphatic heterocycles. The molecule has 12 heteroatoms. The van der Waals surface area contributed by atoms with Gasteiger partial charge in [0.1, 0.15) is 12.4 Å². The van der Waals surface area contributed by atoms with Crippen molar-refractivity contribution in [3.63, 3.8) is 0 Å². The van der Waals surface area contributed by atoms with Gasteiger partial charge in [-0.2, -0.15) is 23.1 Å². The van der Waals surface area contributed by atoms with E-state index >= 15 is 0 Å². The SMILES string of the molecule is CC(Nc1nc(NCC(F)(F)F)c2nc(-c3ccc(F)cc3)cnc2n1)c1cccc(-c2ncccn2)c1. The minimum Gasteiger partial charge on any atom is -0.359 e. The van der Waals surface area contributed by atoms with E-state index in [9.17, 15) is 17.6 Å². The molecule has 192 valence electrons. The maximum absolute atomic E-state index is 13.3. The lowest BCUT2D eigenvalue weighted by atomic mass is 10.0. The number of hydrogen-bond acceptors (Lipinski definition) is 8. The summed E-state index contributed by atoms with van der Waals surface area (Å²) in [5.74, 6) is 0.0733. The predicted molar refractivity (Wildman–Crippen MR) is 135 cm³/mol. The molecule has 5 aromatic rings. The minimum absolute atomic E-state index is 0.0532. The molecular formula is C26H20F4N8. The summed E-state index contributed by atoms with van der Waals surface area (Å²) >= 11 is 0. The maximum atomic E-state index is 13.3. The van der Waals surface area contributed by atoms with Crippen molar-refractivity contribution < 1.29 is 17.6 Å². The maximum Gasteiger partial charge on any atom is 0.405 e. The molecule has 0 aliphatic carbocycles. The Morgan fingerprint density at radius 1 is 0.868 bits per heavy atom. The van der Waals surface area contributed by atoms with Crippen LogP contribution in [0.2, 0.25) is 0 Å². The van der Waals surface area contributed by atoms with E-state index in [1.807, 2.05) is 31.2 Å². The molecule has 2 aromatic carbocycles. The zero-order chi connectivity index (χ0) is 26.7. The summed E-state index contributed by atoms with van der Waals surface area (Å²) in [6, 6.07) is 14.5. The monoisotopic (exact) mass is 520 g/mol. The first-order valence-electron chi connectivity index (χ1n) is 11.5. The lowest BCUT2D eigenvalue weighted by Crippen LogP contribution is -2.22. The third-order valence-corrected chi connectivity index (χ3v) is 5.56. The molecule has 1 unspecified atom stereocenters. The third kappa shape index (κ3) is 5.80. The van der Waals surface area contributed by atoms with Crippen LogP contribution in [0, 0.1) is 5.82 Å². The molecule has 0 aliphatic rings. The first-order valence-corrected chi connectivity index (χ1v) is 11.5. The highest BCUT2D eigenvalue weighted by molar-refractivity contribution is 5.85. The van der Waals surface area contributed by atoms with E-state index in [0.717, 1.165) is 11.1 Å². The second-order valence-electron chi connectivity index (χ2n) is 8.36. The fourth-order valence-electron chi connectivity index (χ4n) is 3.71. The number of alkyl halides is 3. The number of benzene rings is 2. The van der Waals surface area contributed by atoms with Crippen LogP contribution in [0.25, 0.3) is 33.8 Å². The molecule has 2 N–H and O–H groups in total. The summed E-state index contributed by atoms with van der Waals surface area (Å²) in [5, 5.41) is 5.43. The highest BCUT2D eigenvalue weighted by Gasteiger charge is 2.28. The van der Waals surface area contributed by atoms with Gasteiger partial charge in [-0.25, -0.2) is 24.3 Å². The first kappa shape index (κ1) is 24.9. The molecule has 8 nitrogen and oxygen atoms in total. The van der Waals surface area contributed by atoms with E-state index in [4.69, 9.17) is 0 Å². The topological polar surface area (TPSA) is 101 Å². The summed E-state index contributed by atoms with van der Waals surface area (Å²) in [7, 11) is 0. The molecule has 38 heavy (non-hydrogen) atoms. The van der Waals surface area contributed by atoms with E-state index in [-0.39, 0.29) is 29.0 Å². The molecule has 1 atom stereocenters. The Balaban J connectivity index is 1.48. The smallest absolute Gasteiger partial charge is 0.359 e. The second-order valence-corrected chi connectivity index (χ2v) is 8.36. The lowest BCUT2D eigenvalue weighted by molar-refractivity contribution is -0.115. The first-order chi connectivity index (χ1) is 18.2. The quantitative estimate of drug-likeness (QED) is 0.259. The predicted octanol–water partition coefficient (Wildman–Crippen LogP) is 5.83. The van der Waals surface area contributed by atoms with E-state index in [0.29, 0.717) is 17.1 Å². The molecule has 0 bridgehead atoms. The molecule has 0 saturated heterocycles. The van der Waals surface area contributed by atoms with Crippen molar-refractivity contribution in [1.29, 1.82) is 0 Å². The van der Waals surface area contributed by atoms with Crippen LogP contribution in [0.15, 0.2) is 73.2 Å². The number of nitrogens with one attached hydrogen (secondary N) is 2. The summed E-state index contributed by atoms with van der Waals surface area (Å²) in [4.78, 5) is 25.9. The van der Waals surface area contributed by atoms with Crippen molar-refractivity contribution in [2.24, 2.45) is 0 Å². The van der Waals surface area contributed by atoms with Gasteiger partial charge in [-0.1, -0.05) is 18.2 Å². The Morgan fingerprint density at radius 2 is 1.63 bits per heavy atom. The third-order valence-electron chi connectivity index (χ3n) is 5.56. The molecule has 5 rings (SSSR count). The fraction of sp³-hybridized carbons (Fsp3) is 0.154. The molecular weight excluding hydrogens is 500 g/mol. The van der Waals surface area contributed by atoms with Crippen LogP contribution in [-0.4, -0.2) is 42.6 Å². The highest BCUT2D eigenvalue weighted by atomic mass is 19.4. The number of anilines is 2. The van der Waals surface area contributed by atoms with Crippen LogP contribution >= 0.6 is 0 Å². The van der Waals surface area contributed by atoms with Crippen molar-refractivity contribution in [3.8, 4) is 22.6 Å². The average molecular weight is 520 g/mol. The van der Waals surface area contributed by atoms with Gasteiger partial charge >= 0.3 is 6.18 Å². The number of hydrogen-bond donors (Lipinski definition) is 2. The van der Waals surface area contributed by atoms with Crippen LogP contribution in [0.4, 0.5) is 29.3 Å². The Bertz CT molecular complexity index is 1560. The van der Waals surface area contributed by atoms with Gasteiger partial charge in [0, 0.05) is 23.5 Å². The highest BCUT2D eigenvalue weighted by Crippen LogP contribution is 2.27. The van der Waals surface area contributed by atoms with Gasteiger partial charge in [0.15, 0.2) is 22.8 Å². The lowest BCUT2D eigenvalue weighted by Gasteiger charge is -2.17. The van der Waals surface area contributed by atoms with Gasteiger partial charge < -0.3 is 10.6 Å². The Kier molecular flexibility index (Phi) is 6.77. The zero-order valence-corrected chi connectivity index (χ0v) is 19.9. The summed E-state index contributed by atoms with van der Waals surface area (Å²) in [6.45, 7) is 0.542. The molecule has 0 fully saturated rings. The fourth-order valence-corrected chi connectivity index (χ4v) is 3.71. The van der Waals surface area contributed by atoms with Gasteiger partial charge in [-0.15, -0.1) is 0 Å².